The molecule has 0 saturated heterocycles. The molecular weight excluding hydrogens is 315 g/mol. The molecule has 0 saturated carbocycles. The predicted octanol–water partition coefficient (Wildman–Crippen LogP) is -2.17. The van der Waals surface area contributed by atoms with E-state index in [1.807, 2.05) is 0 Å². The Morgan fingerprint density at radius 3 is 2.58 bits per heavy atom. The topological polar surface area (TPSA) is 9.23 Å². The summed E-state index contributed by atoms with van der Waals surface area (Å²) in [5.41, 5.74) is 2.71. The molecule has 2 aliphatic carbocycles. The van der Waals surface area contributed by atoms with E-state index in [9.17, 15) is 0 Å². The summed E-state index contributed by atoms with van der Waals surface area (Å²) >= 11 is 2.23. The third-order valence-electron chi connectivity index (χ3n) is 3.57. The fourth-order valence-corrected chi connectivity index (χ4v) is 2.97. The minimum absolute atomic E-state index is 0. The summed E-state index contributed by atoms with van der Waals surface area (Å²) < 4.78 is 7.60. The summed E-state index contributed by atoms with van der Waals surface area (Å²) in [4.78, 5) is 0. The Morgan fingerprint density at radius 1 is 1.32 bits per heavy atom. The maximum Gasteiger partial charge on any atom is -1.00 e. The number of rotatable bonds is 4. The van der Waals surface area contributed by atoms with Gasteiger partial charge >= 0.3 is 116 Å². The molecule has 2 aliphatic rings. The van der Waals surface area contributed by atoms with Gasteiger partial charge < -0.3 is 24.8 Å². The molecule has 1 nitrogen and oxygen atoms in total. The minimum atomic E-state index is -0.102. The summed E-state index contributed by atoms with van der Waals surface area (Å²) in [6.45, 7) is 5.04. The molecule has 19 heavy (non-hydrogen) atoms. The Kier molecular flexibility index (Phi) is 8.59. The van der Waals surface area contributed by atoms with Crippen LogP contribution in [0, 0.1) is 0 Å². The van der Waals surface area contributed by atoms with E-state index in [1.165, 1.54) is 15.0 Å². The van der Waals surface area contributed by atoms with Crippen LogP contribution in [-0.4, -0.2) is 12.2 Å². The van der Waals surface area contributed by atoms with E-state index in [2.05, 4.69) is 64.7 Å². The molecule has 0 aromatic heterocycles. The summed E-state index contributed by atoms with van der Waals surface area (Å²) in [6.07, 6.45) is 14.2. The molecule has 0 aromatic carbocycles. The third-order valence-corrected chi connectivity index (χ3v) is 4.39. The van der Waals surface area contributed by atoms with Crippen LogP contribution >= 0.6 is 0 Å². The average Bonchev–Trinajstić information content (AvgIpc) is 2.69. The molecule has 1 atom stereocenters. The maximum absolute atomic E-state index is 6.11. The summed E-state index contributed by atoms with van der Waals surface area (Å²) in [5.74, 6) is 0. The molecule has 0 aliphatic heterocycles. The van der Waals surface area contributed by atoms with Crippen molar-refractivity contribution in [3.63, 3.8) is 0 Å². The van der Waals surface area contributed by atoms with E-state index in [4.69, 9.17) is 4.74 Å². The van der Waals surface area contributed by atoms with Gasteiger partial charge in [-0.05, 0) is 0 Å². The van der Waals surface area contributed by atoms with Crippen molar-refractivity contribution >= 4 is 0 Å². The van der Waals surface area contributed by atoms with E-state index in [-0.39, 0.29) is 30.4 Å². The quantitative estimate of drug-likeness (QED) is 0.532. The monoisotopic (exact) mass is 333 g/mol. The normalized spacial score (nSPS) is 24.9. The fraction of sp³-hybridized carbons (Fsp3) is 0.467. The van der Waals surface area contributed by atoms with Crippen molar-refractivity contribution in [3.8, 4) is 0 Å². The van der Waals surface area contributed by atoms with Gasteiger partial charge in [-0.25, -0.2) is 0 Å². The molecule has 0 heterocycles. The number of allylic oxidation sites excluding steroid dienone is 5. The van der Waals surface area contributed by atoms with E-state index >= 15 is 0 Å². The van der Waals surface area contributed by atoms with Gasteiger partial charge in [-0.15, -0.1) is 0 Å². The van der Waals surface area contributed by atoms with Crippen LogP contribution in [0.4, 0.5) is 0 Å². The second-order valence-electron chi connectivity index (χ2n) is 4.70. The van der Waals surface area contributed by atoms with E-state index in [1.54, 1.807) is 0 Å². The van der Waals surface area contributed by atoms with Crippen LogP contribution in [0.3, 0.4) is 0 Å². The van der Waals surface area contributed by atoms with Crippen LogP contribution in [-0.2, 0) is 25.2 Å². The average molecular weight is 334 g/mol. The zero-order valence-electron chi connectivity index (χ0n) is 11.4. The second-order valence-corrected chi connectivity index (χ2v) is 5.64. The first-order chi connectivity index (χ1) is 8.18. The third kappa shape index (κ3) is 4.34. The maximum atomic E-state index is 6.11. The van der Waals surface area contributed by atoms with Gasteiger partial charge in [0.25, 0.3) is 0 Å². The Hall–Kier alpha value is 0.214. The summed E-state index contributed by atoms with van der Waals surface area (Å²) in [5, 5.41) is 0. The molecule has 0 amide bonds. The Morgan fingerprint density at radius 2 is 2.05 bits per heavy atom. The van der Waals surface area contributed by atoms with Crippen LogP contribution in [0.1, 0.15) is 33.1 Å². The fourth-order valence-electron chi connectivity index (χ4n) is 2.52. The van der Waals surface area contributed by atoms with Crippen molar-refractivity contribution in [2.75, 3.05) is 6.61 Å². The Balaban J connectivity index is 0.00000162. The van der Waals surface area contributed by atoms with Crippen molar-refractivity contribution in [1.29, 1.82) is 0 Å². The van der Waals surface area contributed by atoms with Gasteiger partial charge in [0.15, 0.2) is 0 Å². The van der Waals surface area contributed by atoms with Crippen LogP contribution in [0.2, 0.25) is 0 Å². The molecule has 4 heteroatoms. The minimum Gasteiger partial charge on any atom is -1.00 e. The Bertz CT molecular complexity index is 424. The van der Waals surface area contributed by atoms with E-state index in [0.29, 0.717) is 0 Å². The zero-order chi connectivity index (χ0) is 12.3. The SMILES string of the molecule is CCOC1(CC2=[C]([Ti+2])CC=C2)CC=CC=C1C.[Cl-].[Cl-]. The van der Waals surface area contributed by atoms with Crippen molar-refractivity contribution in [2.24, 2.45) is 0 Å². The number of halogens is 2. The van der Waals surface area contributed by atoms with Crippen molar-refractivity contribution in [2.45, 2.75) is 38.7 Å². The Labute approximate surface area is 140 Å². The summed E-state index contributed by atoms with van der Waals surface area (Å²) in [7, 11) is 0. The molecule has 1 unspecified atom stereocenters. The van der Waals surface area contributed by atoms with Crippen LogP contribution < -0.4 is 24.8 Å². The summed E-state index contributed by atoms with van der Waals surface area (Å²) in [6, 6.07) is 0. The first kappa shape index (κ1) is 19.2. The number of ether oxygens (including phenoxy) is 1. The van der Waals surface area contributed by atoms with Crippen molar-refractivity contribution < 1.29 is 50.0 Å². The van der Waals surface area contributed by atoms with Gasteiger partial charge in [0.1, 0.15) is 0 Å². The van der Waals surface area contributed by atoms with Gasteiger partial charge in [0.2, 0.25) is 0 Å². The molecule has 2 rings (SSSR count). The van der Waals surface area contributed by atoms with Gasteiger partial charge in [0, 0.05) is 0 Å². The smallest absolute Gasteiger partial charge is 1.00 e. The van der Waals surface area contributed by atoms with Gasteiger partial charge in [-0.3, -0.25) is 0 Å². The molecule has 0 spiro atoms. The van der Waals surface area contributed by atoms with Gasteiger partial charge in [-0.2, -0.15) is 0 Å². The second kappa shape index (κ2) is 8.49. The van der Waals surface area contributed by atoms with Crippen LogP contribution in [0.25, 0.3) is 0 Å². The van der Waals surface area contributed by atoms with Crippen LogP contribution in [0.5, 0.6) is 0 Å². The van der Waals surface area contributed by atoms with Gasteiger partial charge in [0.05, 0.1) is 0 Å². The molecule has 103 valence electrons. The molecule has 0 N–H and O–H groups in total. The molecular formula is C15H19Cl2OTi. The molecule has 0 radical (unpaired) electrons. The first-order valence-corrected chi connectivity index (χ1v) is 7.04. The number of hydrogen-bond acceptors (Lipinski definition) is 1. The van der Waals surface area contributed by atoms with E-state index < -0.39 is 0 Å². The molecule has 0 bridgehead atoms. The van der Waals surface area contributed by atoms with Crippen LogP contribution in [0.15, 0.2) is 45.4 Å². The predicted molar refractivity (Wildman–Crippen MR) is 67.3 cm³/mol. The first-order valence-electron chi connectivity index (χ1n) is 6.26. The standard InChI is InChI=1S/C15H19O.2ClH.Ti/c1-3-16-15(11-7-6-8-13(15)2)12-14-9-4-5-10-14;;;/h4,6-9H,3,5,11-12H2,1-2H3;2*1H;/q;;;+2/p-2. The van der Waals surface area contributed by atoms with E-state index in [0.717, 1.165) is 25.9 Å². The van der Waals surface area contributed by atoms with Crippen molar-refractivity contribution in [3.05, 3.63) is 45.4 Å². The van der Waals surface area contributed by atoms with Crippen molar-refractivity contribution in [1.82, 2.24) is 0 Å². The number of hydrogen-bond donors (Lipinski definition) is 0. The molecule has 0 fully saturated rings. The molecule has 0 aromatic rings. The zero-order valence-corrected chi connectivity index (χ0v) is 14.5. The largest absolute Gasteiger partial charge is 1.00 e. The van der Waals surface area contributed by atoms with Gasteiger partial charge in [-0.1, -0.05) is 0 Å².